The van der Waals surface area contributed by atoms with Crippen LogP contribution in [0.4, 0.5) is 0 Å². The maximum atomic E-state index is 8.88. The second-order valence-corrected chi connectivity index (χ2v) is 2.27. The summed E-state index contributed by atoms with van der Waals surface area (Å²) in [6.45, 7) is -0.153. The highest BCUT2D eigenvalue weighted by Crippen LogP contribution is 2.12. The zero-order valence-electron chi connectivity index (χ0n) is 5.21. The highest BCUT2D eigenvalue weighted by Gasteiger charge is 2.36. The number of hydrogen-bond donors (Lipinski definition) is 4. The predicted octanol–water partition coefficient (Wildman–Crippen LogP) is -1.95. The first-order valence-electron chi connectivity index (χ1n) is 2.97. The van der Waals surface area contributed by atoms with Crippen LogP contribution in [0.25, 0.3) is 0 Å². The summed E-state index contributed by atoms with van der Waals surface area (Å²) in [6.07, 6.45) is -5.23. The molecular formula is C6H14O5. The molecule has 1 rings (SSSR count). The maximum absolute atomic E-state index is 8.88. The van der Waals surface area contributed by atoms with Crippen LogP contribution in [0, 0.1) is 0 Å². The van der Waals surface area contributed by atoms with Gasteiger partial charge in [-0.2, -0.15) is 0 Å². The Bertz CT molecular complexity index is 104. The van der Waals surface area contributed by atoms with E-state index in [2.05, 4.69) is 4.74 Å². The third-order valence-electron chi connectivity index (χ3n) is 1.47. The van der Waals surface area contributed by atoms with Gasteiger partial charge in [0.25, 0.3) is 0 Å². The fraction of sp³-hybridized carbons (Fsp3) is 1.00. The summed E-state index contributed by atoms with van der Waals surface area (Å²) < 4.78 is 4.47. The van der Waals surface area contributed by atoms with Gasteiger partial charge < -0.3 is 25.2 Å². The minimum Gasteiger partial charge on any atom is -0.388 e. The molecule has 1 aliphatic heterocycles. The number of rotatable bonds is 0. The van der Waals surface area contributed by atoms with Gasteiger partial charge in [0.15, 0.2) is 6.29 Å². The van der Waals surface area contributed by atoms with Crippen molar-refractivity contribution < 1.29 is 25.2 Å². The van der Waals surface area contributed by atoms with Crippen molar-refractivity contribution >= 4 is 0 Å². The fourth-order valence-corrected chi connectivity index (χ4v) is 0.791. The third kappa shape index (κ3) is 2.11. The van der Waals surface area contributed by atoms with Gasteiger partial charge in [-0.15, -0.1) is 0 Å². The van der Waals surface area contributed by atoms with Crippen LogP contribution < -0.4 is 0 Å². The zero-order chi connectivity index (χ0) is 7.72. The smallest absolute Gasteiger partial charge is 0.183 e. The molecule has 5 heteroatoms. The average Bonchev–Trinajstić information content (AvgIpc) is 1.93. The monoisotopic (exact) mass is 166 g/mol. The second-order valence-electron chi connectivity index (χ2n) is 2.27. The molecule has 1 fully saturated rings. The lowest BCUT2D eigenvalue weighted by Gasteiger charge is -2.31. The lowest BCUT2D eigenvalue weighted by atomic mass is 10.1. The van der Waals surface area contributed by atoms with Crippen molar-refractivity contribution in [2.24, 2.45) is 0 Å². The van der Waals surface area contributed by atoms with Crippen molar-refractivity contribution in [1.29, 1.82) is 0 Å². The Labute approximate surface area is 64.9 Å². The Hall–Kier alpha value is -0.200. The topological polar surface area (TPSA) is 90.2 Å². The Kier molecular flexibility index (Phi) is 3.91. The molecule has 1 heterocycles. The van der Waals surface area contributed by atoms with Gasteiger partial charge in [0.2, 0.25) is 0 Å². The molecule has 0 bridgehead atoms. The van der Waals surface area contributed by atoms with Crippen LogP contribution >= 0.6 is 0 Å². The molecule has 0 aromatic rings. The van der Waals surface area contributed by atoms with Gasteiger partial charge in [-0.1, -0.05) is 7.43 Å². The van der Waals surface area contributed by atoms with Crippen LogP contribution in [-0.4, -0.2) is 51.6 Å². The highest BCUT2D eigenvalue weighted by molar-refractivity contribution is 4.81. The molecule has 1 saturated heterocycles. The van der Waals surface area contributed by atoms with Crippen LogP contribution in [-0.2, 0) is 4.74 Å². The fourth-order valence-electron chi connectivity index (χ4n) is 0.791. The molecule has 0 spiro atoms. The van der Waals surface area contributed by atoms with E-state index in [0.29, 0.717) is 0 Å². The van der Waals surface area contributed by atoms with Crippen LogP contribution in [0.1, 0.15) is 7.43 Å². The summed E-state index contributed by atoms with van der Waals surface area (Å²) in [7, 11) is 0. The van der Waals surface area contributed by atoms with E-state index in [4.69, 9.17) is 20.4 Å². The van der Waals surface area contributed by atoms with Crippen LogP contribution in [0.5, 0.6) is 0 Å². The van der Waals surface area contributed by atoms with Crippen LogP contribution in [0.3, 0.4) is 0 Å². The lowest BCUT2D eigenvalue weighted by Crippen LogP contribution is -2.52. The first-order chi connectivity index (χ1) is 4.63. The summed E-state index contributed by atoms with van der Waals surface area (Å²) >= 11 is 0. The van der Waals surface area contributed by atoms with Crippen molar-refractivity contribution in [3.63, 3.8) is 0 Å². The second kappa shape index (κ2) is 3.99. The van der Waals surface area contributed by atoms with Gasteiger partial charge in [-0.05, 0) is 0 Å². The van der Waals surface area contributed by atoms with E-state index in [1.54, 1.807) is 0 Å². The van der Waals surface area contributed by atoms with Gasteiger partial charge in [0.1, 0.15) is 18.3 Å². The number of hydrogen-bond acceptors (Lipinski definition) is 5. The summed E-state index contributed by atoms with van der Waals surface area (Å²) in [5.74, 6) is 0. The van der Waals surface area contributed by atoms with Crippen molar-refractivity contribution in [3.05, 3.63) is 0 Å². The minimum absolute atomic E-state index is 0. The number of ether oxygens (including phenoxy) is 1. The molecule has 0 unspecified atom stereocenters. The molecule has 0 aromatic heterocycles. The molecule has 0 radical (unpaired) electrons. The average molecular weight is 166 g/mol. The zero-order valence-corrected chi connectivity index (χ0v) is 5.21. The molecular weight excluding hydrogens is 152 g/mol. The molecule has 0 amide bonds. The number of aliphatic hydroxyl groups is 4. The predicted molar refractivity (Wildman–Crippen MR) is 36.7 cm³/mol. The van der Waals surface area contributed by atoms with Crippen molar-refractivity contribution in [2.45, 2.75) is 32.0 Å². The summed E-state index contributed by atoms with van der Waals surface area (Å²) in [4.78, 5) is 0. The van der Waals surface area contributed by atoms with Gasteiger partial charge in [-0.25, -0.2) is 0 Å². The summed E-state index contributed by atoms with van der Waals surface area (Å²) in [5.41, 5.74) is 0. The molecule has 11 heavy (non-hydrogen) atoms. The Morgan fingerprint density at radius 1 is 1.00 bits per heavy atom. The first kappa shape index (κ1) is 10.8. The largest absolute Gasteiger partial charge is 0.388 e. The standard InChI is InChI=1S/C5H10O5.CH4/c6-2-1-10-5(9)4(8)3(2)7;/h2-9H,1H2;1H4/t2-,3+,4-,5-;/m1./s1. The van der Waals surface area contributed by atoms with E-state index < -0.39 is 24.6 Å². The SMILES string of the molecule is C.O[C@@H]1[C@@H](O)[C@H](O)OC[C@H]1O. The lowest BCUT2D eigenvalue weighted by molar-refractivity contribution is -0.252. The van der Waals surface area contributed by atoms with Gasteiger partial charge in [0.05, 0.1) is 6.61 Å². The van der Waals surface area contributed by atoms with Crippen molar-refractivity contribution in [3.8, 4) is 0 Å². The molecule has 0 aromatic carbocycles. The van der Waals surface area contributed by atoms with E-state index in [1.165, 1.54) is 0 Å². The van der Waals surface area contributed by atoms with E-state index in [-0.39, 0.29) is 14.0 Å². The summed E-state index contributed by atoms with van der Waals surface area (Å²) in [5, 5.41) is 35.3. The van der Waals surface area contributed by atoms with E-state index >= 15 is 0 Å². The minimum atomic E-state index is -1.41. The maximum Gasteiger partial charge on any atom is 0.183 e. The molecule has 0 aliphatic carbocycles. The Morgan fingerprint density at radius 3 is 2.00 bits per heavy atom. The molecule has 4 atom stereocenters. The van der Waals surface area contributed by atoms with Crippen molar-refractivity contribution in [1.82, 2.24) is 0 Å². The van der Waals surface area contributed by atoms with Crippen LogP contribution in [0.15, 0.2) is 0 Å². The molecule has 1 aliphatic rings. The third-order valence-corrected chi connectivity index (χ3v) is 1.47. The summed E-state index contributed by atoms with van der Waals surface area (Å²) in [6, 6.07) is 0. The van der Waals surface area contributed by atoms with Crippen LogP contribution in [0.2, 0.25) is 0 Å². The van der Waals surface area contributed by atoms with Gasteiger partial charge >= 0.3 is 0 Å². The molecule has 68 valence electrons. The first-order valence-corrected chi connectivity index (χ1v) is 2.97. The van der Waals surface area contributed by atoms with E-state index in [9.17, 15) is 0 Å². The van der Waals surface area contributed by atoms with E-state index in [0.717, 1.165) is 0 Å². The normalized spacial score (nSPS) is 44.7. The van der Waals surface area contributed by atoms with Gasteiger partial charge in [0, 0.05) is 0 Å². The van der Waals surface area contributed by atoms with Gasteiger partial charge in [-0.3, -0.25) is 0 Å². The van der Waals surface area contributed by atoms with Crippen molar-refractivity contribution in [2.75, 3.05) is 6.61 Å². The highest BCUT2D eigenvalue weighted by atomic mass is 16.6. The van der Waals surface area contributed by atoms with E-state index in [1.807, 2.05) is 0 Å². The Morgan fingerprint density at radius 2 is 1.55 bits per heavy atom. The number of aliphatic hydroxyl groups excluding tert-OH is 4. The molecule has 0 saturated carbocycles. The molecule has 5 nitrogen and oxygen atoms in total. The quantitative estimate of drug-likeness (QED) is 0.336. The Balaban J connectivity index is 0.000001000. The molecule has 4 N–H and O–H groups in total.